The predicted molar refractivity (Wildman–Crippen MR) is 82.0 cm³/mol. The monoisotopic (exact) mass is 351 g/mol. The number of pyridine rings is 1. The molecule has 0 radical (unpaired) electrons. The van der Waals surface area contributed by atoms with E-state index < -0.39 is 6.04 Å². The van der Waals surface area contributed by atoms with Crippen LogP contribution in [-0.4, -0.2) is 27.1 Å². The van der Waals surface area contributed by atoms with E-state index >= 15 is 0 Å². The molecule has 7 heteroatoms. The molecule has 0 aliphatic carbocycles. The average molecular weight is 352 g/mol. The molecule has 2 rings (SSSR count). The highest BCUT2D eigenvalue weighted by Crippen LogP contribution is 2.25. The summed E-state index contributed by atoms with van der Waals surface area (Å²) in [6, 6.07) is 6.96. The number of halogens is 1. The third-order valence-corrected chi connectivity index (χ3v) is 3.30. The van der Waals surface area contributed by atoms with Gasteiger partial charge in [-0.05, 0) is 52.2 Å². The van der Waals surface area contributed by atoms with Crippen LogP contribution in [0.15, 0.2) is 41.1 Å². The maximum absolute atomic E-state index is 12.0. The lowest BCUT2D eigenvalue weighted by molar-refractivity contribution is -0.117. The van der Waals surface area contributed by atoms with Crippen LogP contribution < -0.4 is 11.1 Å². The number of aromatic hydroxyl groups is 2. The number of hydrogen-bond acceptors (Lipinski definition) is 5. The van der Waals surface area contributed by atoms with Crippen LogP contribution in [0.5, 0.6) is 11.5 Å². The zero-order valence-electron chi connectivity index (χ0n) is 11.0. The Morgan fingerprint density at radius 1 is 1.29 bits per heavy atom. The van der Waals surface area contributed by atoms with E-state index in [1.807, 2.05) is 0 Å². The van der Waals surface area contributed by atoms with E-state index in [1.54, 1.807) is 18.2 Å². The summed E-state index contributed by atoms with van der Waals surface area (Å²) >= 11 is 3.20. The Balaban J connectivity index is 1.98. The zero-order chi connectivity index (χ0) is 15.4. The summed E-state index contributed by atoms with van der Waals surface area (Å²) in [6.45, 7) is 0. The van der Waals surface area contributed by atoms with Crippen molar-refractivity contribution < 1.29 is 15.0 Å². The molecule has 0 aliphatic heterocycles. The Kier molecular flexibility index (Phi) is 4.77. The van der Waals surface area contributed by atoms with Gasteiger partial charge in [0, 0.05) is 0 Å². The first-order valence-corrected chi connectivity index (χ1v) is 6.94. The van der Waals surface area contributed by atoms with Gasteiger partial charge in [0.15, 0.2) is 11.5 Å². The summed E-state index contributed by atoms with van der Waals surface area (Å²) in [5, 5.41) is 21.3. The Morgan fingerprint density at radius 3 is 2.67 bits per heavy atom. The fraction of sp³-hybridized carbons (Fsp3) is 0.143. The molecule has 0 saturated carbocycles. The third kappa shape index (κ3) is 4.17. The number of carbonyl (C=O) groups is 1. The number of nitrogens with one attached hydrogen (secondary N) is 1. The smallest absolute Gasteiger partial charge is 0.241 e. The Hall–Kier alpha value is -2.12. The number of amides is 1. The second-order valence-electron chi connectivity index (χ2n) is 4.49. The van der Waals surface area contributed by atoms with Crippen molar-refractivity contribution in [1.29, 1.82) is 0 Å². The summed E-state index contributed by atoms with van der Waals surface area (Å²) in [5.74, 6) is -0.804. The summed E-state index contributed by atoms with van der Waals surface area (Å²) in [4.78, 5) is 16.0. The molecule has 0 fully saturated rings. The van der Waals surface area contributed by atoms with Gasteiger partial charge in [-0.3, -0.25) is 4.79 Å². The van der Waals surface area contributed by atoms with Gasteiger partial charge < -0.3 is 21.3 Å². The van der Waals surface area contributed by atoms with Crippen LogP contribution in [0.4, 0.5) is 5.69 Å². The molecule has 0 unspecified atom stereocenters. The van der Waals surface area contributed by atoms with Crippen molar-refractivity contribution in [3.63, 3.8) is 0 Å². The standard InChI is InChI=1S/C14H14BrN3O3/c15-13-4-2-9(7-17-13)18-14(21)10(16)5-8-1-3-11(19)12(20)6-8/h1-4,6-7,10,19-20H,5,16H2,(H,18,21)/t10-/m0/s1. The van der Waals surface area contributed by atoms with Crippen molar-refractivity contribution in [2.75, 3.05) is 5.32 Å². The number of nitrogens with zero attached hydrogens (tertiary/aromatic N) is 1. The van der Waals surface area contributed by atoms with Crippen LogP contribution in [0.3, 0.4) is 0 Å². The largest absolute Gasteiger partial charge is 0.504 e. The van der Waals surface area contributed by atoms with Gasteiger partial charge in [-0.15, -0.1) is 0 Å². The summed E-state index contributed by atoms with van der Waals surface area (Å²) in [6.07, 6.45) is 1.75. The molecule has 1 aromatic carbocycles. The van der Waals surface area contributed by atoms with Crippen molar-refractivity contribution >= 4 is 27.5 Å². The maximum Gasteiger partial charge on any atom is 0.241 e. The van der Waals surface area contributed by atoms with Gasteiger partial charge in [-0.25, -0.2) is 4.98 Å². The Bertz CT molecular complexity index is 646. The quantitative estimate of drug-likeness (QED) is 0.495. The van der Waals surface area contributed by atoms with Gasteiger partial charge in [-0.1, -0.05) is 6.07 Å². The van der Waals surface area contributed by atoms with Gasteiger partial charge in [0.2, 0.25) is 5.91 Å². The summed E-state index contributed by atoms with van der Waals surface area (Å²) in [7, 11) is 0. The molecular formula is C14H14BrN3O3. The lowest BCUT2D eigenvalue weighted by Gasteiger charge is -2.12. The first kappa shape index (κ1) is 15.3. The first-order chi connectivity index (χ1) is 9.95. The van der Waals surface area contributed by atoms with E-state index in [-0.39, 0.29) is 23.8 Å². The summed E-state index contributed by atoms with van der Waals surface area (Å²) < 4.78 is 0.671. The Morgan fingerprint density at radius 2 is 2.05 bits per heavy atom. The second-order valence-corrected chi connectivity index (χ2v) is 5.31. The molecule has 0 saturated heterocycles. The maximum atomic E-state index is 12.0. The summed E-state index contributed by atoms with van der Waals surface area (Å²) in [5.41, 5.74) is 7.03. The highest BCUT2D eigenvalue weighted by Gasteiger charge is 2.15. The lowest BCUT2D eigenvalue weighted by Crippen LogP contribution is -2.37. The highest BCUT2D eigenvalue weighted by atomic mass is 79.9. The third-order valence-electron chi connectivity index (χ3n) is 2.83. The number of rotatable bonds is 4. The van der Waals surface area contributed by atoms with Gasteiger partial charge >= 0.3 is 0 Å². The zero-order valence-corrected chi connectivity index (χ0v) is 12.5. The molecular weight excluding hydrogens is 338 g/mol. The number of phenols is 2. The Labute approximate surface area is 129 Å². The van der Waals surface area contributed by atoms with Crippen LogP contribution in [0, 0.1) is 0 Å². The number of carbonyl (C=O) groups excluding carboxylic acids is 1. The molecule has 1 aromatic heterocycles. The van der Waals surface area contributed by atoms with Crippen molar-refractivity contribution in [2.24, 2.45) is 5.73 Å². The van der Waals surface area contributed by atoms with Crippen LogP contribution in [0.2, 0.25) is 0 Å². The van der Waals surface area contributed by atoms with Crippen LogP contribution in [0.1, 0.15) is 5.56 Å². The van der Waals surface area contributed by atoms with E-state index in [4.69, 9.17) is 5.73 Å². The van der Waals surface area contributed by atoms with Crippen LogP contribution in [0.25, 0.3) is 0 Å². The lowest BCUT2D eigenvalue weighted by atomic mass is 10.1. The molecule has 1 atom stereocenters. The second kappa shape index (κ2) is 6.55. The van der Waals surface area contributed by atoms with Crippen molar-refractivity contribution in [1.82, 2.24) is 4.98 Å². The van der Waals surface area contributed by atoms with Gasteiger partial charge in [0.25, 0.3) is 0 Å². The van der Waals surface area contributed by atoms with Crippen LogP contribution in [-0.2, 0) is 11.2 Å². The minimum Gasteiger partial charge on any atom is -0.504 e. The van der Waals surface area contributed by atoms with Crippen LogP contribution >= 0.6 is 15.9 Å². The molecule has 0 spiro atoms. The molecule has 6 nitrogen and oxygen atoms in total. The number of hydrogen-bond donors (Lipinski definition) is 4. The number of nitrogens with two attached hydrogens (primary N) is 1. The fourth-order valence-electron chi connectivity index (χ4n) is 1.73. The molecule has 1 amide bonds. The molecule has 0 bridgehead atoms. The molecule has 0 aliphatic rings. The average Bonchev–Trinajstić information content (AvgIpc) is 2.45. The SMILES string of the molecule is N[C@@H](Cc1ccc(O)c(O)c1)C(=O)Nc1ccc(Br)nc1. The predicted octanol–water partition coefficient (Wildman–Crippen LogP) is 1.76. The minimum atomic E-state index is -0.780. The van der Waals surface area contributed by atoms with Crippen molar-refractivity contribution in [2.45, 2.75) is 12.5 Å². The van der Waals surface area contributed by atoms with E-state index in [9.17, 15) is 15.0 Å². The normalized spacial score (nSPS) is 11.9. The highest BCUT2D eigenvalue weighted by molar-refractivity contribution is 9.10. The van der Waals surface area contributed by atoms with E-state index in [0.29, 0.717) is 15.9 Å². The first-order valence-electron chi connectivity index (χ1n) is 6.14. The number of benzene rings is 1. The van der Waals surface area contributed by atoms with Crippen molar-refractivity contribution in [3.05, 3.63) is 46.7 Å². The van der Waals surface area contributed by atoms with Gasteiger partial charge in [0.05, 0.1) is 17.9 Å². The van der Waals surface area contributed by atoms with E-state index in [0.717, 1.165) is 0 Å². The number of anilines is 1. The molecule has 5 N–H and O–H groups in total. The minimum absolute atomic E-state index is 0.210. The van der Waals surface area contributed by atoms with Gasteiger partial charge in [-0.2, -0.15) is 0 Å². The van der Waals surface area contributed by atoms with E-state index in [2.05, 4.69) is 26.2 Å². The number of aromatic nitrogens is 1. The molecule has 2 aromatic rings. The molecule has 110 valence electrons. The van der Waals surface area contributed by atoms with Gasteiger partial charge in [0.1, 0.15) is 4.60 Å². The fourth-order valence-corrected chi connectivity index (χ4v) is 1.96. The molecule has 21 heavy (non-hydrogen) atoms. The number of phenolic OH excluding ortho intramolecular Hbond substituents is 2. The molecule has 1 heterocycles. The topological polar surface area (TPSA) is 108 Å². The van der Waals surface area contributed by atoms with Crippen molar-refractivity contribution in [3.8, 4) is 11.5 Å². The van der Waals surface area contributed by atoms with E-state index in [1.165, 1.54) is 18.3 Å².